The number of piperidine rings is 1. The van der Waals surface area contributed by atoms with Crippen LogP contribution in [-0.4, -0.2) is 50.5 Å². The maximum atomic E-state index is 13.3. The molecule has 1 amide bonds. The fourth-order valence-electron chi connectivity index (χ4n) is 4.11. The van der Waals surface area contributed by atoms with Crippen molar-refractivity contribution in [2.24, 2.45) is 0 Å². The molecule has 0 spiro atoms. The van der Waals surface area contributed by atoms with E-state index in [2.05, 4.69) is 10.8 Å². The number of hydrogen-bond donors (Lipinski definition) is 1. The molecule has 5 rings (SSSR count). The van der Waals surface area contributed by atoms with Crippen LogP contribution in [0.15, 0.2) is 47.4 Å². The Morgan fingerprint density at radius 2 is 2.00 bits per heavy atom. The number of nitrogens with one attached hydrogen (secondary N) is 1. The molecule has 2 fully saturated rings. The number of amides is 1. The summed E-state index contributed by atoms with van der Waals surface area (Å²) in [5.74, 6) is 0.255. The average Bonchev–Trinajstić information content (AvgIpc) is 3.50. The topological polar surface area (TPSA) is 88.6 Å². The van der Waals surface area contributed by atoms with Gasteiger partial charge in [-0.05, 0) is 56.0 Å². The van der Waals surface area contributed by atoms with E-state index in [1.165, 1.54) is 13.2 Å². The van der Waals surface area contributed by atoms with Crippen LogP contribution in [0.4, 0.5) is 0 Å². The van der Waals surface area contributed by atoms with Gasteiger partial charge in [0.05, 0.1) is 22.3 Å². The zero-order valence-electron chi connectivity index (χ0n) is 17.8. The van der Waals surface area contributed by atoms with Gasteiger partial charge >= 0.3 is 0 Å². The SMILES string of the molecule is COc1ccc(C(=O)N2CCCC(c3nc4ccccc4s3)C2)cc1S(=O)(=O)NC1CC1. The number of thiazole rings is 1. The van der Waals surface area contributed by atoms with Crippen molar-refractivity contribution in [1.29, 1.82) is 0 Å². The standard InChI is InChI=1S/C23H25N3O4S2/c1-30-19-11-8-15(13-21(19)32(28,29)25-17-9-10-17)23(27)26-12-4-5-16(14-26)22-24-18-6-2-3-7-20(18)31-22/h2-3,6-8,11,13,16-17,25H,4-5,9-10,12,14H2,1H3. The normalized spacial score (nSPS) is 19.3. The number of hydrogen-bond acceptors (Lipinski definition) is 6. The Kier molecular flexibility index (Phi) is 5.65. The molecule has 2 heterocycles. The third-order valence-electron chi connectivity index (χ3n) is 5.97. The summed E-state index contributed by atoms with van der Waals surface area (Å²) in [5, 5.41) is 1.05. The Morgan fingerprint density at radius 1 is 1.19 bits per heavy atom. The monoisotopic (exact) mass is 471 g/mol. The van der Waals surface area contributed by atoms with Crippen molar-refractivity contribution in [2.75, 3.05) is 20.2 Å². The molecule has 1 atom stereocenters. The van der Waals surface area contributed by atoms with Crippen molar-refractivity contribution in [2.45, 2.75) is 42.5 Å². The van der Waals surface area contributed by atoms with Crippen LogP contribution in [0.3, 0.4) is 0 Å². The Labute approximate surface area is 191 Å². The molecular formula is C23H25N3O4S2. The van der Waals surface area contributed by atoms with E-state index in [0.717, 1.165) is 40.9 Å². The van der Waals surface area contributed by atoms with E-state index in [9.17, 15) is 13.2 Å². The summed E-state index contributed by atoms with van der Waals surface area (Å²) in [6.45, 7) is 1.22. The first-order valence-electron chi connectivity index (χ1n) is 10.8. The van der Waals surface area contributed by atoms with Crippen molar-refractivity contribution in [1.82, 2.24) is 14.6 Å². The lowest BCUT2D eigenvalue weighted by molar-refractivity contribution is 0.0707. The molecule has 168 valence electrons. The average molecular weight is 472 g/mol. The van der Waals surface area contributed by atoms with Crippen LogP contribution >= 0.6 is 11.3 Å². The predicted molar refractivity (Wildman–Crippen MR) is 124 cm³/mol. The number of carbonyl (C=O) groups excluding carboxylic acids is 1. The number of carbonyl (C=O) groups is 1. The summed E-state index contributed by atoms with van der Waals surface area (Å²) in [6, 6.07) is 12.7. The minimum atomic E-state index is -3.75. The Balaban J connectivity index is 1.39. The van der Waals surface area contributed by atoms with Crippen LogP contribution in [0.1, 0.15) is 47.0 Å². The molecular weight excluding hydrogens is 446 g/mol. The largest absolute Gasteiger partial charge is 0.495 e. The number of benzene rings is 2. The van der Waals surface area contributed by atoms with E-state index in [1.807, 2.05) is 23.1 Å². The van der Waals surface area contributed by atoms with Crippen molar-refractivity contribution in [3.8, 4) is 5.75 Å². The predicted octanol–water partition coefficient (Wildman–Crippen LogP) is 3.77. The molecule has 1 aliphatic heterocycles. The number of ether oxygens (including phenoxy) is 1. The zero-order valence-corrected chi connectivity index (χ0v) is 19.4. The van der Waals surface area contributed by atoms with Crippen LogP contribution < -0.4 is 9.46 Å². The smallest absolute Gasteiger partial charge is 0.253 e. The molecule has 32 heavy (non-hydrogen) atoms. The molecule has 1 saturated heterocycles. The zero-order chi connectivity index (χ0) is 22.3. The third kappa shape index (κ3) is 4.24. The van der Waals surface area contributed by atoms with Crippen LogP contribution in [0.2, 0.25) is 0 Å². The first-order chi connectivity index (χ1) is 15.4. The van der Waals surface area contributed by atoms with Crippen LogP contribution in [0.5, 0.6) is 5.75 Å². The van der Waals surface area contributed by atoms with Crippen molar-refractivity contribution >= 4 is 37.5 Å². The first-order valence-corrected chi connectivity index (χ1v) is 13.1. The van der Waals surface area contributed by atoms with Crippen molar-refractivity contribution < 1.29 is 17.9 Å². The van der Waals surface area contributed by atoms with Gasteiger partial charge in [-0.1, -0.05) is 12.1 Å². The van der Waals surface area contributed by atoms with Gasteiger partial charge in [0, 0.05) is 30.6 Å². The fraction of sp³-hybridized carbons (Fsp3) is 0.391. The van der Waals surface area contributed by atoms with E-state index in [1.54, 1.807) is 23.5 Å². The highest BCUT2D eigenvalue weighted by molar-refractivity contribution is 7.89. The summed E-state index contributed by atoms with van der Waals surface area (Å²) in [5.41, 5.74) is 1.34. The molecule has 1 unspecified atom stereocenters. The molecule has 1 aliphatic carbocycles. The maximum absolute atomic E-state index is 13.3. The van der Waals surface area contributed by atoms with Gasteiger partial charge in [0.25, 0.3) is 5.91 Å². The van der Waals surface area contributed by atoms with Gasteiger partial charge in [0.15, 0.2) is 0 Å². The molecule has 1 aromatic heterocycles. The van der Waals surface area contributed by atoms with Gasteiger partial charge < -0.3 is 9.64 Å². The molecule has 7 nitrogen and oxygen atoms in total. The number of fused-ring (bicyclic) bond motifs is 1. The highest BCUT2D eigenvalue weighted by Gasteiger charge is 2.32. The number of aromatic nitrogens is 1. The van der Waals surface area contributed by atoms with E-state index < -0.39 is 10.0 Å². The lowest BCUT2D eigenvalue weighted by Gasteiger charge is -2.32. The minimum Gasteiger partial charge on any atom is -0.495 e. The maximum Gasteiger partial charge on any atom is 0.253 e. The molecule has 0 radical (unpaired) electrons. The Hall–Kier alpha value is -2.49. The van der Waals surface area contributed by atoms with Crippen LogP contribution in [0, 0.1) is 0 Å². The molecule has 1 saturated carbocycles. The molecule has 0 bridgehead atoms. The van der Waals surface area contributed by atoms with Gasteiger partial charge in [-0.2, -0.15) is 0 Å². The molecule has 2 aromatic carbocycles. The highest BCUT2D eigenvalue weighted by Crippen LogP contribution is 2.34. The second kappa shape index (κ2) is 8.46. The molecule has 3 aromatic rings. The van der Waals surface area contributed by atoms with Gasteiger partial charge in [0.2, 0.25) is 10.0 Å². The molecule has 1 N–H and O–H groups in total. The summed E-state index contributed by atoms with van der Waals surface area (Å²) in [4.78, 5) is 19.9. The minimum absolute atomic E-state index is 0.0116. The van der Waals surface area contributed by atoms with Gasteiger partial charge in [-0.25, -0.2) is 18.1 Å². The second-order valence-corrected chi connectivity index (χ2v) is 11.1. The number of sulfonamides is 1. The Bertz CT molecular complexity index is 1230. The van der Waals surface area contributed by atoms with E-state index in [4.69, 9.17) is 9.72 Å². The van der Waals surface area contributed by atoms with E-state index in [-0.39, 0.29) is 28.5 Å². The highest BCUT2D eigenvalue weighted by atomic mass is 32.2. The quantitative estimate of drug-likeness (QED) is 0.591. The third-order valence-corrected chi connectivity index (χ3v) is 8.71. The summed E-state index contributed by atoms with van der Waals surface area (Å²) in [6.07, 6.45) is 3.54. The van der Waals surface area contributed by atoms with Crippen molar-refractivity contribution in [3.63, 3.8) is 0 Å². The lowest BCUT2D eigenvalue weighted by Crippen LogP contribution is -2.39. The van der Waals surface area contributed by atoms with Crippen LogP contribution in [-0.2, 0) is 10.0 Å². The van der Waals surface area contributed by atoms with E-state index in [0.29, 0.717) is 18.7 Å². The lowest BCUT2D eigenvalue weighted by atomic mass is 9.98. The van der Waals surface area contributed by atoms with Crippen molar-refractivity contribution in [3.05, 3.63) is 53.0 Å². The number of nitrogens with zero attached hydrogens (tertiary/aromatic N) is 2. The molecule has 9 heteroatoms. The van der Waals surface area contributed by atoms with Gasteiger partial charge in [-0.3, -0.25) is 4.79 Å². The summed E-state index contributed by atoms with van der Waals surface area (Å²) in [7, 11) is -2.32. The number of methoxy groups -OCH3 is 1. The van der Waals surface area contributed by atoms with Crippen LogP contribution in [0.25, 0.3) is 10.2 Å². The second-order valence-electron chi connectivity index (χ2n) is 8.37. The summed E-state index contributed by atoms with van der Waals surface area (Å²) < 4.78 is 34.7. The fourth-order valence-corrected chi connectivity index (χ4v) is 6.71. The number of para-hydroxylation sites is 1. The van der Waals surface area contributed by atoms with E-state index >= 15 is 0 Å². The Morgan fingerprint density at radius 3 is 2.75 bits per heavy atom. The van der Waals surface area contributed by atoms with Gasteiger partial charge in [-0.15, -0.1) is 11.3 Å². The first kappa shape index (κ1) is 21.4. The molecule has 2 aliphatic rings. The van der Waals surface area contributed by atoms with Gasteiger partial charge in [0.1, 0.15) is 10.6 Å². The summed E-state index contributed by atoms with van der Waals surface area (Å²) >= 11 is 1.68. The number of rotatable bonds is 6. The number of likely N-dealkylation sites (tertiary alicyclic amines) is 1.